The number of phenols is 1. The topological polar surface area (TPSA) is 46.2 Å². The first-order valence-electron chi connectivity index (χ1n) is 3.85. The van der Waals surface area contributed by atoms with Gasteiger partial charge >= 0.3 is 0 Å². The summed E-state index contributed by atoms with van der Waals surface area (Å²) < 4.78 is 0. The molecule has 0 heterocycles. The second-order valence-electron chi connectivity index (χ2n) is 3.00. The van der Waals surface area contributed by atoms with Crippen molar-refractivity contribution >= 4 is 0 Å². The van der Waals surface area contributed by atoms with Crippen LogP contribution < -0.4 is 5.73 Å². The maximum atomic E-state index is 9.42. The summed E-state index contributed by atoms with van der Waals surface area (Å²) >= 11 is 0. The molecule has 0 fully saturated rings. The Morgan fingerprint density at radius 1 is 1.45 bits per heavy atom. The molecular weight excluding hydrogens is 138 g/mol. The van der Waals surface area contributed by atoms with Crippen LogP contribution in [0, 0.1) is 0 Å². The van der Waals surface area contributed by atoms with E-state index in [1.165, 1.54) is 5.56 Å². The lowest BCUT2D eigenvalue weighted by molar-refractivity contribution is 0.463. The lowest BCUT2D eigenvalue weighted by Crippen LogP contribution is -2.05. The summed E-state index contributed by atoms with van der Waals surface area (Å²) in [7, 11) is 0. The summed E-state index contributed by atoms with van der Waals surface area (Å²) in [5.74, 6) is 0.354. The average Bonchev–Trinajstić information content (AvgIpc) is 2.34. The second-order valence-corrected chi connectivity index (χ2v) is 3.00. The first-order valence-corrected chi connectivity index (χ1v) is 3.85. The van der Waals surface area contributed by atoms with E-state index in [4.69, 9.17) is 5.73 Å². The number of benzene rings is 1. The third-order valence-electron chi connectivity index (χ3n) is 2.27. The lowest BCUT2D eigenvalue weighted by Gasteiger charge is -2.05. The zero-order valence-corrected chi connectivity index (χ0v) is 6.25. The number of hydrogen-bond donors (Lipinski definition) is 2. The number of aromatic hydroxyl groups is 1. The third-order valence-corrected chi connectivity index (χ3v) is 2.27. The number of nitrogens with two attached hydrogens (primary N) is 1. The predicted octanol–water partition coefficient (Wildman–Crippen LogP) is 1.34. The quantitative estimate of drug-likeness (QED) is 0.584. The minimum atomic E-state index is 0.0474. The molecule has 2 rings (SSSR count). The highest BCUT2D eigenvalue weighted by atomic mass is 16.3. The fourth-order valence-corrected chi connectivity index (χ4v) is 1.70. The Morgan fingerprint density at radius 3 is 3.00 bits per heavy atom. The van der Waals surface area contributed by atoms with Crippen molar-refractivity contribution in [1.29, 1.82) is 0 Å². The molecule has 11 heavy (non-hydrogen) atoms. The van der Waals surface area contributed by atoms with E-state index in [9.17, 15) is 5.11 Å². The molecular formula is C9H11NO. The Labute approximate surface area is 65.7 Å². The van der Waals surface area contributed by atoms with Gasteiger partial charge in [-0.2, -0.15) is 0 Å². The second kappa shape index (κ2) is 2.24. The molecule has 0 radical (unpaired) electrons. The molecule has 0 aliphatic heterocycles. The first kappa shape index (κ1) is 6.68. The number of hydrogen-bond acceptors (Lipinski definition) is 2. The van der Waals surface area contributed by atoms with E-state index in [0.29, 0.717) is 5.75 Å². The largest absolute Gasteiger partial charge is 0.508 e. The van der Waals surface area contributed by atoms with Gasteiger partial charge in [0, 0.05) is 11.6 Å². The molecule has 3 N–H and O–H groups in total. The van der Waals surface area contributed by atoms with Gasteiger partial charge in [0.2, 0.25) is 0 Å². The standard InChI is InChI=1S/C9H11NO/c10-7-5-4-6-2-1-3-8(11)9(6)7/h1-3,7,11H,4-5,10H2. The van der Waals surface area contributed by atoms with E-state index in [1.54, 1.807) is 6.07 Å². The maximum Gasteiger partial charge on any atom is 0.120 e. The molecule has 1 atom stereocenters. The van der Waals surface area contributed by atoms with Crippen LogP contribution in [-0.4, -0.2) is 5.11 Å². The van der Waals surface area contributed by atoms with Crippen molar-refractivity contribution < 1.29 is 5.11 Å². The number of phenolic OH excluding ortho intramolecular Hbond substituents is 1. The minimum Gasteiger partial charge on any atom is -0.508 e. The van der Waals surface area contributed by atoms with Gasteiger partial charge in [-0.1, -0.05) is 12.1 Å². The molecule has 0 saturated heterocycles. The van der Waals surface area contributed by atoms with E-state index in [-0.39, 0.29) is 6.04 Å². The Kier molecular flexibility index (Phi) is 1.36. The van der Waals surface area contributed by atoms with Crippen molar-refractivity contribution in [2.45, 2.75) is 18.9 Å². The van der Waals surface area contributed by atoms with Crippen molar-refractivity contribution in [1.82, 2.24) is 0 Å². The van der Waals surface area contributed by atoms with Crippen molar-refractivity contribution in [2.75, 3.05) is 0 Å². The summed E-state index contributed by atoms with van der Waals surface area (Å²) in [5.41, 5.74) is 7.94. The van der Waals surface area contributed by atoms with E-state index in [0.717, 1.165) is 18.4 Å². The molecule has 1 aliphatic rings. The number of aryl methyl sites for hydroxylation is 1. The molecule has 0 aromatic heterocycles. The van der Waals surface area contributed by atoms with Gasteiger partial charge in [0.1, 0.15) is 5.75 Å². The highest BCUT2D eigenvalue weighted by Crippen LogP contribution is 2.35. The first-order chi connectivity index (χ1) is 5.29. The smallest absolute Gasteiger partial charge is 0.120 e. The summed E-state index contributed by atoms with van der Waals surface area (Å²) in [6.07, 6.45) is 1.97. The van der Waals surface area contributed by atoms with E-state index < -0.39 is 0 Å². The van der Waals surface area contributed by atoms with Gasteiger partial charge < -0.3 is 10.8 Å². The van der Waals surface area contributed by atoms with E-state index in [1.807, 2.05) is 12.1 Å². The number of fused-ring (bicyclic) bond motifs is 1. The molecule has 1 unspecified atom stereocenters. The highest BCUT2D eigenvalue weighted by Gasteiger charge is 2.21. The van der Waals surface area contributed by atoms with Crippen molar-refractivity contribution in [3.63, 3.8) is 0 Å². The summed E-state index contributed by atoms with van der Waals surface area (Å²) in [5, 5.41) is 9.42. The highest BCUT2D eigenvalue weighted by molar-refractivity contribution is 5.44. The molecule has 0 amide bonds. The normalized spacial score (nSPS) is 21.7. The van der Waals surface area contributed by atoms with Crippen LogP contribution in [0.5, 0.6) is 5.75 Å². The molecule has 58 valence electrons. The van der Waals surface area contributed by atoms with Gasteiger partial charge in [-0.3, -0.25) is 0 Å². The zero-order valence-electron chi connectivity index (χ0n) is 6.25. The van der Waals surface area contributed by atoms with Crippen molar-refractivity contribution in [3.05, 3.63) is 29.3 Å². The maximum absolute atomic E-state index is 9.42. The van der Waals surface area contributed by atoms with Crippen LogP contribution >= 0.6 is 0 Å². The summed E-state index contributed by atoms with van der Waals surface area (Å²) in [4.78, 5) is 0. The summed E-state index contributed by atoms with van der Waals surface area (Å²) in [6.45, 7) is 0. The van der Waals surface area contributed by atoms with Crippen LogP contribution in [0.4, 0.5) is 0 Å². The lowest BCUT2D eigenvalue weighted by atomic mass is 10.1. The van der Waals surface area contributed by atoms with Gasteiger partial charge in [-0.25, -0.2) is 0 Å². The van der Waals surface area contributed by atoms with Crippen molar-refractivity contribution in [3.8, 4) is 5.75 Å². The van der Waals surface area contributed by atoms with Gasteiger partial charge in [0.15, 0.2) is 0 Å². The molecule has 0 saturated carbocycles. The number of rotatable bonds is 0. The fourth-order valence-electron chi connectivity index (χ4n) is 1.70. The minimum absolute atomic E-state index is 0.0474. The monoisotopic (exact) mass is 149 g/mol. The zero-order chi connectivity index (χ0) is 7.84. The van der Waals surface area contributed by atoms with Gasteiger partial charge in [0.25, 0.3) is 0 Å². The molecule has 2 heteroatoms. The van der Waals surface area contributed by atoms with Crippen LogP contribution in [-0.2, 0) is 6.42 Å². The molecule has 1 aliphatic carbocycles. The Balaban J connectivity index is 2.58. The Morgan fingerprint density at radius 2 is 2.27 bits per heavy atom. The Hall–Kier alpha value is -1.02. The molecule has 0 bridgehead atoms. The molecule has 2 nitrogen and oxygen atoms in total. The summed E-state index contributed by atoms with van der Waals surface area (Å²) in [6, 6.07) is 5.64. The van der Waals surface area contributed by atoms with Gasteiger partial charge in [-0.15, -0.1) is 0 Å². The third kappa shape index (κ3) is 0.906. The average molecular weight is 149 g/mol. The van der Waals surface area contributed by atoms with Crippen LogP contribution in [0.15, 0.2) is 18.2 Å². The van der Waals surface area contributed by atoms with Gasteiger partial charge in [-0.05, 0) is 24.5 Å². The predicted molar refractivity (Wildman–Crippen MR) is 43.4 cm³/mol. The van der Waals surface area contributed by atoms with E-state index in [2.05, 4.69) is 0 Å². The van der Waals surface area contributed by atoms with Crippen LogP contribution in [0.25, 0.3) is 0 Å². The SMILES string of the molecule is NC1CCc2cccc(O)c21. The van der Waals surface area contributed by atoms with Crippen LogP contribution in [0.2, 0.25) is 0 Å². The van der Waals surface area contributed by atoms with Crippen molar-refractivity contribution in [2.24, 2.45) is 5.73 Å². The molecule has 1 aromatic carbocycles. The molecule has 1 aromatic rings. The van der Waals surface area contributed by atoms with Crippen LogP contribution in [0.3, 0.4) is 0 Å². The molecule has 0 spiro atoms. The fraction of sp³-hybridized carbons (Fsp3) is 0.333. The van der Waals surface area contributed by atoms with E-state index >= 15 is 0 Å². The van der Waals surface area contributed by atoms with Crippen LogP contribution in [0.1, 0.15) is 23.6 Å². The van der Waals surface area contributed by atoms with Gasteiger partial charge in [0.05, 0.1) is 0 Å². The Bertz CT molecular complexity index is 283.